The summed E-state index contributed by atoms with van der Waals surface area (Å²) < 4.78 is 41.3. The molecule has 0 aliphatic rings. The molecule has 0 saturated heterocycles. The highest BCUT2D eigenvalue weighted by Gasteiger charge is 2.32. The van der Waals surface area contributed by atoms with Gasteiger partial charge in [-0.15, -0.1) is 0 Å². The van der Waals surface area contributed by atoms with Crippen LogP contribution in [-0.2, 0) is 12.6 Å². The Morgan fingerprint density at radius 3 is 2.44 bits per heavy atom. The summed E-state index contributed by atoms with van der Waals surface area (Å²) >= 11 is 13.6. The Hall–Kier alpha value is -2.02. The van der Waals surface area contributed by atoms with Crippen molar-refractivity contribution in [3.63, 3.8) is 0 Å². The number of hydrogen-bond acceptors (Lipinski definition) is 2. The molecule has 3 aromatic heterocycles. The number of benzene rings is 1. The monoisotopic (exact) mass is 426 g/mol. The summed E-state index contributed by atoms with van der Waals surface area (Å²) in [6, 6.07) is 9.87. The summed E-state index contributed by atoms with van der Waals surface area (Å²) in [6.45, 7) is 0. The van der Waals surface area contributed by atoms with Crippen LogP contribution in [0.3, 0.4) is 0 Å². The summed E-state index contributed by atoms with van der Waals surface area (Å²) in [6.07, 6.45) is -3.02. The number of fused-ring (bicyclic) bond motifs is 1. The van der Waals surface area contributed by atoms with Crippen molar-refractivity contribution in [2.75, 3.05) is 0 Å². The first-order valence-corrected chi connectivity index (χ1v) is 9.57. The quantitative estimate of drug-likeness (QED) is 0.345. The summed E-state index contributed by atoms with van der Waals surface area (Å²) in [5, 5.41) is 4.41. The van der Waals surface area contributed by atoms with Crippen LogP contribution in [0.4, 0.5) is 13.2 Å². The smallest absolute Gasteiger partial charge is 0.301 e. The van der Waals surface area contributed by atoms with Gasteiger partial charge in [0, 0.05) is 23.2 Å². The Kier molecular flexibility index (Phi) is 4.66. The molecule has 8 heteroatoms. The van der Waals surface area contributed by atoms with Crippen molar-refractivity contribution in [1.82, 2.24) is 9.38 Å². The van der Waals surface area contributed by atoms with Gasteiger partial charge in [0.25, 0.3) is 0 Å². The molecule has 27 heavy (non-hydrogen) atoms. The number of halogens is 5. The number of imidazole rings is 1. The molecule has 1 aromatic carbocycles. The lowest BCUT2D eigenvalue weighted by atomic mass is 10.1. The molecule has 0 atom stereocenters. The largest absolute Gasteiger partial charge is 0.417 e. The van der Waals surface area contributed by atoms with E-state index in [1.165, 1.54) is 15.7 Å². The fourth-order valence-corrected chi connectivity index (χ4v) is 3.95. The Morgan fingerprint density at radius 1 is 1.07 bits per heavy atom. The molecule has 0 aliphatic heterocycles. The molecule has 0 saturated carbocycles. The third-order valence-electron chi connectivity index (χ3n) is 4.17. The van der Waals surface area contributed by atoms with E-state index in [9.17, 15) is 13.2 Å². The van der Waals surface area contributed by atoms with Gasteiger partial charge in [-0.3, -0.25) is 0 Å². The van der Waals surface area contributed by atoms with Gasteiger partial charge in [0.2, 0.25) is 0 Å². The Bertz CT molecular complexity index is 1100. The van der Waals surface area contributed by atoms with Crippen molar-refractivity contribution in [1.29, 1.82) is 0 Å². The molecule has 0 amide bonds. The summed E-state index contributed by atoms with van der Waals surface area (Å²) in [5.41, 5.74) is 2.45. The van der Waals surface area contributed by atoms with Crippen molar-refractivity contribution >= 4 is 40.2 Å². The zero-order valence-corrected chi connectivity index (χ0v) is 15.9. The van der Waals surface area contributed by atoms with Crippen molar-refractivity contribution in [2.24, 2.45) is 0 Å². The number of thiophene rings is 1. The van der Waals surface area contributed by atoms with E-state index in [0.717, 1.165) is 23.4 Å². The van der Waals surface area contributed by atoms with E-state index in [0.29, 0.717) is 28.5 Å². The second kappa shape index (κ2) is 6.86. The Labute approximate surface area is 166 Å². The minimum Gasteiger partial charge on any atom is -0.301 e. The molecule has 0 bridgehead atoms. The maximum atomic E-state index is 13.3. The molecular formula is C19H11Cl2F3N2S. The average Bonchev–Trinajstić information content (AvgIpc) is 3.24. The first-order valence-electron chi connectivity index (χ1n) is 7.87. The third kappa shape index (κ3) is 3.57. The number of nitrogens with zero attached hydrogens (tertiary/aromatic N) is 2. The predicted molar refractivity (Wildman–Crippen MR) is 103 cm³/mol. The standard InChI is InChI=1S/C19H11Cl2F3N2S/c20-14-3-1-12(2-4-14)17-16(7-11-5-6-27-10-11)26-9-13(19(22,23)24)8-15(21)18(26)25-17/h1-6,8-10H,7H2. The fraction of sp³-hybridized carbons (Fsp3) is 0.105. The summed E-state index contributed by atoms with van der Waals surface area (Å²) in [5.74, 6) is 0. The number of hydrogen-bond donors (Lipinski definition) is 0. The SMILES string of the molecule is FC(F)(F)c1cc(Cl)c2nc(-c3ccc(Cl)cc3)c(Cc3ccsc3)n2c1. The lowest BCUT2D eigenvalue weighted by Gasteiger charge is -2.10. The normalized spacial score (nSPS) is 12.0. The van der Waals surface area contributed by atoms with Crippen molar-refractivity contribution < 1.29 is 13.2 Å². The third-order valence-corrected chi connectivity index (χ3v) is 5.43. The van der Waals surface area contributed by atoms with Gasteiger partial charge in [-0.2, -0.15) is 24.5 Å². The fourth-order valence-electron chi connectivity index (χ4n) is 2.90. The van der Waals surface area contributed by atoms with Gasteiger partial charge in [-0.1, -0.05) is 35.3 Å². The highest BCUT2D eigenvalue weighted by molar-refractivity contribution is 7.07. The summed E-state index contributed by atoms with van der Waals surface area (Å²) in [4.78, 5) is 4.54. The van der Waals surface area contributed by atoms with Gasteiger partial charge >= 0.3 is 6.18 Å². The molecule has 138 valence electrons. The van der Waals surface area contributed by atoms with Crippen LogP contribution in [0.1, 0.15) is 16.8 Å². The molecule has 4 aromatic rings. The van der Waals surface area contributed by atoms with E-state index in [1.54, 1.807) is 24.3 Å². The average molecular weight is 427 g/mol. The molecule has 0 unspecified atom stereocenters. The van der Waals surface area contributed by atoms with Crippen molar-refractivity contribution in [3.05, 3.63) is 80.2 Å². The van der Waals surface area contributed by atoms with Crippen molar-refractivity contribution in [2.45, 2.75) is 12.6 Å². The van der Waals surface area contributed by atoms with Gasteiger partial charge in [0.1, 0.15) is 0 Å². The lowest BCUT2D eigenvalue weighted by molar-refractivity contribution is -0.137. The van der Waals surface area contributed by atoms with Crippen LogP contribution in [0, 0.1) is 0 Å². The van der Waals surface area contributed by atoms with Crippen LogP contribution in [0.15, 0.2) is 53.4 Å². The van der Waals surface area contributed by atoms with Gasteiger partial charge in [0.15, 0.2) is 5.65 Å². The number of aromatic nitrogens is 2. The number of rotatable bonds is 3. The molecule has 4 rings (SSSR count). The molecule has 0 N–H and O–H groups in total. The highest BCUT2D eigenvalue weighted by Crippen LogP contribution is 2.35. The molecule has 3 heterocycles. The zero-order valence-electron chi connectivity index (χ0n) is 13.6. The van der Waals surface area contributed by atoms with Crippen LogP contribution < -0.4 is 0 Å². The van der Waals surface area contributed by atoms with Crippen LogP contribution in [0.2, 0.25) is 10.0 Å². The van der Waals surface area contributed by atoms with Gasteiger partial charge in [0.05, 0.1) is 22.0 Å². The first-order chi connectivity index (χ1) is 12.8. The molecule has 0 spiro atoms. The van der Waals surface area contributed by atoms with E-state index in [1.807, 2.05) is 16.8 Å². The molecule has 2 nitrogen and oxygen atoms in total. The van der Waals surface area contributed by atoms with Gasteiger partial charge < -0.3 is 4.40 Å². The van der Waals surface area contributed by atoms with E-state index < -0.39 is 11.7 Å². The van der Waals surface area contributed by atoms with Crippen molar-refractivity contribution in [3.8, 4) is 11.3 Å². The lowest BCUT2D eigenvalue weighted by Crippen LogP contribution is -2.07. The predicted octanol–water partition coefficient (Wildman–Crippen LogP) is 6.98. The minimum absolute atomic E-state index is 0.0448. The number of alkyl halides is 3. The maximum absolute atomic E-state index is 13.3. The molecule has 0 radical (unpaired) electrons. The number of pyridine rings is 1. The second-order valence-corrected chi connectivity index (χ2v) is 7.61. The van der Waals surface area contributed by atoms with E-state index in [2.05, 4.69) is 4.98 Å². The molecular weight excluding hydrogens is 416 g/mol. The first kappa shape index (κ1) is 18.3. The van der Waals surface area contributed by atoms with E-state index in [4.69, 9.17) is 23.2 Å². The van der Waals surface area contributed by atoms with Crippen LogP contribution in [-0.4, -0.2) is 9.38 Å². The maximum Gasteiger partial charge on any atom is 0.417 e. The highest BCUT2D eigenvalue weighted by atomic mass is 35.5. The zero-order chi connectivity index (χ0) is 19.2. The van der Waals surface area contributed by atoms with Crippen LogP contribution in [0.5, 0.6) is 0 Å². The summed E-state index contributed by atoms with van der Waals surface area (Å²) in [7, 11) is 0. The van der Waals surface area contributed by atoms with E-state index in [-0.39, 0.29) is 5.02 Å². The van der Waals surface area contributed by atoms with Crippen LogP contribution in [0.25, 0.3) is 16.9 Å². The molecule has 0 aliphatic carbocycles. The van der Waals surface area contributed by atoms with Crippen LogP contribution >= 0.6 is 34.5 Å². The van der Waals surface area contributed by atoms with Gasteiger partial charge in [-0.05, 0) is 40.6 Å². The topological polar surface area (TPSA) is 17.3 Å². The Balaban J connectivity index is 1.98. The van der Waals surface area contributed by atoms with Gasteiger partial charge in [-0.25, -0.2) is 4.98 Å². The molecule has 0 fully saturated rings. The minimum atomic E-state index is -4.50. The Morgan fingerprint density at radius 2 is 1.81 bits per heavy atom. The second-order valence-electron chi connectivity index (χ2n) is 5.99. The van der Waals surface area contributed by atoms with E-state index >= 15 is 0 Å².